The molecule has 2 rings (SSSR count). The van der Waals surface area contributed by atoms with E-state index in [9.17, 15) is 9.18 Å². The van der Waals surface area contributed by atoms with Crippen LogP contribution in [0, 0.1) is 17.8 Å². The van der Waals surface area contributed by atoms with E-state index < -0.39 is 11.5 Å². The normalized spacial score (nSPS) is 16.2. The van der Waals surface area contributed by atoms with Gasteiger partial charge in [0, 0.05) is 37.4 Å². The molecule has 7 heteroatoms. The molecule has 1 atom stereocenters. The van der Waals surface area contributed by atoms with Crippen LogP contribution in [0.25, 0.3) is 0 Å². The average molecular weight is 378 g/mol. The lowest BCUT2D eigenvalue weighted by atomic mass is 10.1. The van der Waals surface area contributed by atoms with E-state index >= 15 is 0 Å². The zero-order valence-corrected chi connectivity index (χ0v) is 16.1. The molecule has 1 aliphatic heterocycles. The second kappa shape index (κ2) is 9.56. The summed E-state index contributed by atoms with van der Waals surface area (Å²) < 4.78 is 24.8. The number of carbonyl (C=O) groups is 1. The van der Waals surface area contributed by atoms with Crippen molar-refractivity contribution in [2.24, 2.45) is 0 Å². The highest BCUT2D eigenvalue weighted by atomic mass is 19.1. The first-order valence-electron chi connectivity index (χ1n) is 9.18. The second-order valence-electron chi connectivity index (χ2n) is 7.42. The van der Waals surface area contributed by atoms with E-state index in [-0.39, 0.29) is 31.1 Å². The number of aromatic nitrogens is 1. The highest BCUT2D eigenvalue weighted by Crippen LogP contribution is 2.23. The van der Waals surface area contributed by atoms with Crippen molar-refractivity contribution in [1.82, 2.24) is 9.88 Å². The number of aliphatic hydroxyl groups excluding tert-OH is 1. The molecule has 1 aliphatic rings. The standard InChI is InChI=1S/C20H27FN2O4/c1-20(2,3)27-19(25)23-10-9-16(23)14-26-17-12-15(13-22-18(17)21)8-6-4-5-7-11-24/h12-13,16,24H,4-5,7,9-11,14H2,1-3H3/t16-/m0/s1. The number of aliphatic hydroxyl groups is 1. The van der Waals surface area contributed by atoms with E-state index in [0.29, 0.717) is 24.9 Å². The topological polar surface area (TPSA) is 71.9 Å². The minimum Gasteiger partial charge on any atom is -0.487 e. The van der Waals surface area contributed by atoms with E-state index in [1.165, 1.54) is 12.3 Å². The largest absolute Gasteiger partial charge is 0.487 e. The monoisotopic (exact) mass is 378 g/mol. The minimum absolute atomic E-state index is 0.0215. The number of hydrogen-bond donors (Lipinski definition) is 1. The Morgan fingerprint density at radius 3 is 2.85 bits per heavy atom. The highest BCUT2D eigenvalue weighted by Gasteiger charge is 2.35. The third kappa shape index (κ3) is 6.72. The van der Waals surface area contributed by atoms with Crippen molar-refractivity contribution in [3.8, 4) is 17.6 Å². The van der Waals surface area contributed by atoms with Crippen molar-refractivity contribution in [3.05, 3.63) is 23.8 Å². The lowest BCUT2D eigenvalue weighted by molar-refractivity contribution is -0.0144. The molecule has 1 fully saturated rings. The van der Waals surface area contributed by atoms with Crippen LogP contribution in [0.5, 0.6) is 5.75 Å². The van der Waals surface area contributed by atoms with Crippen LogP contribution in [0.15, 0.2) is 12.3 Å². The molecule has 0 unspecified atom stereocenters. The van der Waals surface area contributed by atoms with Gasteiger partial charge in [0.25, 0.3) is 5.95 Å². The molecule has 0 bridgehead atoms. The lowest BCUT2D eigenvalue weighted by Gasteiger charge is -2.40. The summed E-state index contributed by atoms with van der Waals surface area (Å²) in [5.74, 6) is 5.20. The first-order chi connectivity index (χ1) is 12.8. The van der Waals surface area contributed by atoms with Gasteiger partial charge in [-0.2, -0.15) is 4.39 Å². The number of unbranched alkanes of at least 4 members (excludes halogenated alkanes) is 2. The van der Waals surface area contributed by atoms with Crippen LogP contribution in [0.1, 0.15) is 52.0 Å². The zero-order chi connectivity index (χ0) is 19.9. The molecule has 0 saturated carbocycles. The van der Waals surface area contributed by atoms with Gasteiger partial charge in [0.15, 0.2) is 5.75 Å². The van der Waals surface area contributed by atoms with Gasteiger partial charge < -0.3 is 19.5 Å². The number of amides is 1. The van der Waals surface area contributed by atoms with Gasteiger partial charge in [-0.25, -0.2) is 9.78 Å². The smallest absolute Gasteiger partial charge is 0.410 e. The van der Waals surface area contributed by atoms with Gasteiger partial charge in [0.2, 0.25) is 0 Å². The van der Waals surface area contributed by atoms with E-state index in [0.717, 1.165) is 12.8 Å². The van der Waals surface area contributed by atoms with Gasteiger partial charge in [0.05, 0.1) is 6.04 Å². The van der Waals surface area contributed by atoms with E-state index in [2.05, 4.69) is 16.8 Å². The van der Waals surface area contributed by atoms with Crippen LogP contribution in [0.3, 0.4) is 0 Å². The summed E-state index contributed by atoms with van der Waals surface area (Å²) in [5, 5.41) is 8.74. The van der Waals surface area contributed by atoms with Crippen LogP contribution < -0.4 is 4.74 Å². The maximum absolute atomic E-state index is 13.9. The van der Waals surface area contributed by atoms with Crippen molar-refractivity contribution in [2.75, 3.05) is 19.8 Å². The quantitative estimate of drug-likeness (QED) is 0.468. The van der Waals surface area contributed by atoms with Crippen LogP contribution in [0.2, 0.25) is 0 Å². The number of nitrogens with zero attached hydrogens (tertiary/aromatic N) is 2. The van der Waals surface area contributed by atoms with Crippen molar-refractivity contribution in [1.29, 1.82) is 0 Å². The number of carbonyl (C=O) groups excluding carboxylic acids is 1. The summed E-state index contributed by atoms with van der Waals surface area (Å²) >= 11 is 0. The summed E-state index contributed by atoms with van der Waals surface area (Å²) in [6.07, 6.45) is 3.92. The molecule has 148 valence electrons. The highest BCUT2D eigenvalue weighted by molar-refractivity contribution is 5.69. The van der Waals surface area contributed by atoms with Crippen molar-refractivity contribution < 1.29 is 23.8 Å². The molecule has 1 aromatic heterocycles. The van der Waals surface area contributed by atoms with Crippen molar-refractivity contribution in [3.63, 3.8) is 0 Å². The fraction of sp³-hybridized carbons (Fsp3) is 0.600. The Bertz CT molecular complexity index is 706. The predicted octanol–water partition coefficient (Wildman–Crippen LogP) is 3.12. The van der Waals surface area contributed by atoms with Crippen LogP contribution in [0.4, 0.5) is 9.18 Å². The van der Waals surface area contributed by atoms with Crippen molar-refractivity contribution in [2.45, 2.75) is 58.1 Å². The molecule has 0 spiro atoms. The molecule has 1 aromatic rings. The molecule has 0 aromatic carbocycles. The number of rotatable bonds is 6. The van der Waals surface area contributed by atoms with Gasteiger partial charge in [0.1, 0.15) is 12.2 Å². The average Bonchev–Trinajstić information content (AvgIpc) is 2.54. The molecule has 1 N–H and O–H groups in total. The fourth-order valence-corrected chi connectivity index (χ4v) is 2.45. The van der Waals surface area contributed by atoms with Crippen LogP contribution in [-0.2, 0) is 4.74 Å². The van der Waals surface area contributed by atoms with Gasteiger partial charge >= 0.3 is 6.09 Å². The number of hydrogen-bond acceptors (Lipinski definition) is 5. The number of halogens is 1. The van der Waals surface area contributed by atoms with E-state index in [1.54, 1.807) is 4.90 Å². The summed E-state index contributed by atoms with van der Waals surface area (Å²) in [5.41, 5.74) is 0.00571. The third-order valence-electron chi connectivity index (χ3n) is 3.95. The molecule has 27 heavy (non-hydrogen) atoms. The lowest BCUT2D eigenvalue weighted by Crippen LogP contribution is -2.55. The summed E-state index contributed by atoms with van der Waals surface area (Å²) in [6.45, 7) is 6.36. The Balaban J connectivity index is 1.90. The fourth-order valence-electron chi connectivity index (χ4n) is 2.45. The molecule has 1 saturated heterocycles. The molecule has 0 aliphatic carbocycles. The molecule has 1 amide bonds. The summed E-state index contributed by atoms with van der Waals surface area (Å²) in [6, 6.07) is 1.37. The predicted molar refractivity (Wildman–Crippen MR) is 98.8 cm³/mol. The number of pyridine rings is 1. The van der Waals surface area contributed by atoms with Crippen molar-refractivity contribution >= 4 is 6.09 Å². The first kappa shape index (κ1) is 21.0. The molecule has 6 nitrogen and oxygen atoms in total. The second-order valence-corrected chi connectivity index (χ2v) is 7.42. The van der Waals surface area contributed by atoms with Gasteiger partial charge in [-0.15, -0.1) is 0 Å². The summed E-state index contributed by atoms with van der Waals surface area (Å²) in [7, 11) is 0. The molecular formula is C20H27FN2O4. The Hall–Kier alpha value is -2.33. The Labute approximate surface area is 159 Å². The number of likely N-dealkylation sites (tertiary alicyclic amines) is 1. The Kier molecular flexibility index (Phi) is 7.43. The molecular weight excluding hydrogens is 351 g/mol. The van der Waals surface area contributed by atoms with E-state index in [4.69, 9.17) is 14.6 Å². The van der Waals surface area contributed by atoms with Gasteiger partial charge in [-0.3, -0.25) is 0 Å². The molecule has 2 heterocycles. The SMILES string of the molecule is CC(C)(C)OC(=O)N1CC[C@H]1COc1cc(C#CCCCCO)cnc1F. The summed E-state index contributed by atoms with van der Waals surface area (Å²) in [4.78, 5) is 17.4. The maximum atomic E-state index is 13.9. The van der Waals surface area contributed by atoms with Gasteiger partial charge in [-0.05, 0) is 40.0 Å². The van der Waals surface area contributed by atoms with Gasteiger partial charge in [-0.1, -0.05) is 11.8 Å². The Morgan fingerprint density at radius 2 is 2.22 bits per heavy atom. The Morgan fingerprint density at radius 1 is 1.44 bits per heavy atom. The maximum Gasteiger partial charge on any atom is 0.410 e. The van der Waals surface area contributed by atoms with Crippen LogP contribution in [-0.4, -0.2) is 52.5 Å². The molecule has 0 radical (unpaired) electrons. The third-order valence-corrected chi connectivity index (χ3v) is 3.95. The first-order valence-corrected chi connectivity index (χ1v) is 9.18. The number of ether oxygens (including phenoxy) is 2. The minimum atomic E-state index is -0.705. The van der Waals surface area contributed by atoms with Crippen LogP contribution >= 0.6 is 0 Å². The van der Waals surface area contributed by atoms with E-state index in [1.807, 2.05) is 20.8 Å². The zero-order valence-electron chi connectivity index (χ0n) is 16.1.